The van der Waals surface area contributed by atoms with Crippen molar-refractivity contribution in [3.8, 4) is 62.0 Å². The van der Waals surface area contributed by atoms with E-state index in [0.29, 0.717) is 45.1 Å². The summed E-state index contributed by atoms with van der Waals surface area (Å²) < 4.78 is 139. The average molecular weight is 1230 g/mol. The summed E-state index contributed by atoms with van der Waals surface area (Å²) in [7, 11) is -3.60. The lowest BCUT2D eigenvalue weighted by atomic mass is 9.82. The van der Waals surface area contributed by atoms with E-state index in [-0.39, 0.29) is 79.1 Å². The van der Waals surface area contributed by atoms with E-state index in [9.17, 15) is 63.3 Å². The number of hydrogen-bond donors (Lipinski definition) is 6. The Morgan fingerprint density at radius 2 is 0.929 bits per heavy atom. The zero-order valence-corrected chi connectivity index (χ0v) is 51.1. The first-order chi connectivity index (χ1) is 38.7. The monoisotopic (exact) mass is 1230 g/mol. The second-order valence-electron chi connectivity index (χ2n) is 24.4. The van der Waals surface area contributed by atoms with Gasteiger partial charge in [0, 0.05) is 116 Å². The predicted octanol–water partition coefficient (Wildman–Crippen LogP) is 16.1. The number of phenols is 2. The molecule has 4 heterocycles. The fraction of sp³-hybridized carbons (Fsp3) is 0.387. The molecule has 0 bridgehead atoms. The summed E-state index contributed by atoms with van der Waals surface area (Å²) in [6, 6.07) is 21.3. The highest BCUT2D eigenvalue weighted by Crippen LogP contribution is 2.42. The summed E-state index contributed by atoms with van der Waals surface area (Å²) >= 11 is 5.96. The molecule has 7 rings (SSSR count). The van der Waals surface area contributed by atoms with Crippen molar-refractivity contribution < 1.29 is 63.3 Å². The van der Waals surface area contributed by atoms with Gasteiger partial charge in [0.2, 0.25) is 0 Å². The van der Waals surface area contributed by atoms with Gasteiger partial charge < -0.3 is 31.3 Å². The molecule has 0 aliphatic rings. The molecule has 0 aliphatic heterocycles. The van der Waals surface area contributed by atoms with E-state index in [1.54, 1.807) is 30.3 Å². The molecule has 1 atom stereocenters. The topological polar surface area (TPSA) is 182 Å². The first-order valence-corrected chi connectivity index (χ1v) is 28.8. The zero-order chi connectivity index (χ0) is 64.2. The van der Waals surface area contributed by atoms with E-state index in [0.717, 1.165) is 60.2 Å². The van der Waals surface area contributed by atoms with Crippen LogP contribution in [0.2, 0.25) is 5.02 Å². The Kier molecular flexibility index (Phi) is 21.1. The van der Waals surface area contributed by atoms with E-state index in [1.165, 1.54) is 24.3 Å². The smallest absolute Gasteiger partial charge is 0.433 e. The minimum absolute atomic E-state index is 0.0408. The third-order valence-electron chi connectivity index (χ3n) is 12.6. The molecule has 0 fully saturated rings. The molecule has 0 spiro atoms. The number of phenolic OH excluding ortho intramolecular Hbond substituents is 2. The van der Waals surface area contributed by atoms with Crippen molar-refractivity contribution >= 4 is 21.4 Å². The van der Waals surface area contributed by atoms with E-state index < -0.39 is 45.4 Å². The first kappa shape index (κ1) is 68.9. The maximum Gasteiger partial charge on any atom is 0.433 e. The van der Waals surface area contributed by atoms with Crippen LogP contribution in [0.15, 0.2) is 114 Å². The number of benzene rings is 3. The molecule has 23 heteroatoms. The minimum atomic E-state index is -4.59. The lowest BCUT2D eigenvalue weighted by molar-refractivity contribution is -0.141. The summed E-state index contributed by atoms with van der Waals surface area (Å²) in [5.41, 5.74) is 1.68. The third kappa shape index (κ3) is 19.9. The van der Waals surface area contributed by atoms with Gasteiger partial charge in [0.25, 0.3) is 0 Å². The van der Waals surface area contributed by atoms with Crippen LogP contribution in [0.5, 0.6) is 17.2 Å². The highest BCUT2D eigenvalue weighted by Gasteiger charge is 2.35. The van der Waals surface area contributed by atoms with Gasteiger partial charge in [-0.25, -0.2) is 13.4 Å². The van der Waals surface area contributed by atoms with Crippen LogP contribution in [0.3, 0.4) is 0 Å². The Morgan fingerprint density at radius 1 is 0.518 bits per heavy atom. The van der Waals surface area contributed by atoms with E-state index in [1.807, 2.05) is 81.4 Å². The van der Waals surface area contributed by atoms with Gasteiger partial charge in [-0.1, -0.05) is 56.6 Å². The molecule has 0 saturated heterocycles. The fourth-order valence-corrected chi connectivity index (χ4v) is 8.98. The highest BCUT2D eigenvalue weighted by atomic mass is 35.5. The van der Waals surface area contributed by atoms with Gasteiger partial charge in [0.15, 0.2) is 9.84 Å². The van der Waals surface area contributed by atoms with Crippen molar-refractivity contribution in [1.29, 1.82) is 0 Å². The van der Waals surface area contributed by atoms with Crippen molar-refractivity contribution in [2.75, 3.05) is 6.26 Å². The number of sulfone groups is 1. The standard InChI is InChI=1S/C22H21ClF3N3O.C22H29F3N2O.C18H21F3N2O3S/c1-21(2,3)28-12-15-10-17(13-4-7-16(23)8-5-13)29-19(20(15)30)14-6-9-18(27-11-14)22(24,25)26;1-13(27-21(5,6)7)16-10-15(20(2,3)4)11-17(19(16)28)14-8-9-18(26-12-14)22(23,24)25;1-17(2,3)23-10-12-7-13(27(4,25)26)8-14(16(12)24)11-5-6-15(22-9-11)18(19,20)21/h4-11,28,30H,12H2,1-3H3;8-13,27-28H,1-7H3;5-9,23-24H,10H2,1-4H3. The van der Waals surface area contributed by atoms with Crippen molar-refractivity contribution in [3.05, 3.63) is 154 Å². The molecule has 0 saturated carbocycles. The fourth-order valence-electron chi connectivity index (χ4n) is 8.16. The van der Waals surface area contributed by atoms with Crippen molar-refractivity contribution in [2.45, 2.75) is 155 Å². The van der Waals surface area contributed by atoms with Gasteiger partial charge in [0.05, 0.1) is 10.6 Å². The Hall–Kier alpha value is -6.85. The number of pyridine rings is 4. The molecule has 85 heavy (non-hydrogen) atoms. The second-order valence-corrected chi connectivity index (χ2v) is 26.9. The Morgan fingerprint density at radius 3 is 1.31 bits per heavy atom. The third-order valence-corrected chi connectivity index (χ3v) is 13.9. The summed E-state index contributed by atoms with van der Waals surface area (Å²) in [5.74, 6) is -0.259. The van der Waals surface area contributed by atoms with Gasteiger partial charge in [-0.3, -0.25) is 15.0 Å². The van der Waals surface area contributed by atoms with E-state index >= 15 is 0 Å². The molecule has 7 aromatic rings. The van der Waals surface area contributed by atoms with Crippen molar-refractivity contribution in [2.24, 2.45) is 0 Å². The molecule has 6 N–H and O–H groups in total. The maximum absolute atomic E-state index is 12.8. The lowest BCUT2D eigenvalue weighted by Crippen LogP contribution is -2.37. The second kappa shape index (κ2) is 26.0. The molecule has 3 aromatic carbocycles. The number of rotatable bonds is 11. The molecular formula is C62H71ClF9N7O5S. The number of alkyl halides is 9. The predicted molar refractivity (Wildman–Crippen MR) is 314 cm³/mol. The molecule has 0 aliphatic carbocycles. The SMILES string of the molecule is CC(C)(C)NCc1cc(-c2ccc(Cl)cc2)nc(-c2ccc(C(F)(F)F)nc2)c1O.CC(C)(C)NCc1cc(S(C)(=O)=O)cc(-c2ccc(C(F)(F)F)nc2)c1O.CC(NC(C)(C)C)c1cc(C(C)(C)C)cc(-c2ccc(C(F)(F)F)nc2)c1O. The van der Waals surface area contributed by atoms with Crippen molar-refractivity contribution in [1.82, 2.24) is 35.9 Å². The Balaban J connectivity index is 0.000000233. The summed E-state index contributed by atoms with van der Waals surface area (Å²) in [6.45, 7) is 26.5. The van der Waals surface area contributed by atoms with Crippen molar-refractivity contribution in [3.63, 3.8) is 0 Å². The summed E-state index contributed by atoms with van der Waals surface area (Å²) in [6.07, 6.45) is -9.41. The zero-order valence-electron chi connectivity index (χ0n) is 49.5. The maximum atomic E-state index is 12.8. The van der Waals surface area contributed by atoms with Gasteiger partial charge in [-0.05, 0) is 147 Å². The van der Waals surface area contributed by atoms with Gasteiger partial charge in [-0.2, -0.15) is 39.5 Å². The lowest BCUT2D eigenvalue weighted by Gasteiger charge is -2.29. The Labute approximate surface area is 495 Å². The van der Waals surface area contributed by atoms with Crippen LogP contribution in [0.4, 0.5) is 39.5 Å². The Bertz CT molecular complexity index is 3540. The number of halogens is 10. The molecular weight excluding hydrogens is 1160 g/mol. The number of aromatic nitrogens is 4. The van der Waals surface area contributed by atoms with Gasteiger partial charge in [-0.15, -0.1) is 0 Å². The van der Waals surface area contributed by atoms with Crippen LogP contribution in [-0.4, -0.2) is 66.5 Å². The van der Waals surface area contributed by atoms with Crippen LogP contribution in [0.1, 0.15) is 135 Å². The quantitative estimate of drug-likeness (QED) is 0.0675. The summed E-state index contributed by atoms with van der Waals surface area (Å²) in [5, 5.41) is 42.8. The molecule has 0 radical (unpaired) electrons. The molecule has 12 nitrogen and oxygen atoms in total. The molecule has 0 amide bonds. The van der Waals surface area contributed by atoms with Crippen LogP contribution in [-0.2, 0) is 46.9 Å². The van der Waals surface area contributed by atoms with Crippen LogP contribution in [0, 0.1) is 0 Å². The normalized spacial score (nSPS) is 13.1. The van der Waals surface area contributed by atoms with Gasteiger partial charge >= 0.3 is 18.5 Å². The number of nitrogens with one attached hydrogen (secondary N) is 3. The van der Waals surface area contributed by atoms with E-state index in [4.69, 9.17) is 11.6 Å². The molecule has 1 unspecified atom stereocenters. The van der Waals surface area contributed by atoms with Crippen LogP contribution in [0.25, 0.3) is 44.8 Å². The summed E-state index contributed by atoms with van der Waals surface area (Å²) in [4.78, 5) is 14.9. The van der Waals surface area contributed by atoms with Gasteiger partial charge in [0.1, 0.15) is 40.0 Å². The van der Waals surface area contributed by atoms with Crippen LogP contribution >= 0.6 is 11.6 Å². The first-order valence-electron chi connectivity index (χ1n) is 26.5. The molecule has 4 aromatic heterocycles. The molecule has 460 valence electrons. The largest absolute Gasteiger partial charge is 0.507 e. The highest BCUT2D eigenvalue weighted by molar-refractivity contribution is 7.90. The number of aromatic hydroxyl groups is 3. The number of nitrogens with zero attached hydrogens (tertiary/aromatic N) is 4. The van der Waals surface area contributed by atoms with E-state index in [2.05, 4.69) is 56.7 Å². The number of hydrogen-bond acceptors (Lipinski definition) is 12. The minimum Gasteiger partial charge on any atom is -0.507 e. The van der Waals surface area contributed by atoms with Crippen LogP contribution < -0.4 is 16.0 Å². The average Bonchev–Trinajstić information content (AvgIpc) is 1.90.